The molecule has 0 amide bonds. The molecule has 6 heteroatoms. The molecule has 0 fully saturated rings. The molecule has 1 heterocycles. The molecule has 0 spiro atoms. The Morgan fingerprint density at radius 1 is 1.43 bits per heavy atom. The first kappa shape index (κ1) is 16.0. The van der Waals surface area contributed by atoms with Crippen LogP contribution in [0.25, 0.3) is 0 Å². The van der Waals surface area contributed by atoms with Gasteiger partial charge in [0.05, 0.1) is 21.8 Å². The SMILES string of the molecule is Cc1nn(C)c(CC(Cc2ccccc2Cl)C(=O)O)c1Br. The number of halogens is 2. The first-order valence-corrected chi connectivity index (χ1v) is 7.71. The second-order valence-electron chi connectivity index (χ2n) is 5.00. The predicted octanol–water partition coefficient (Wildman–Crippen LogP) is 3.63. The van der Waals surface area contributed by atoms with Crippen LogP contribution in [0.1, 0.15) is 17.0 Å². The first-order chi connectivity index (χ1) is 9.90. The molecule has 1 N–H and O–H groups in total. The van der Waals surface area contributed by atoms with Gasteiger partial charge in [-0.25, -0.2) is 0 Å². The van der Waals surface area contributed by atoms with Gasteiger partial charge >= 0.3 is 5.97 Å². The molecule has 1 aromatic heterocycles. The van der Waals surface area contributed by atoms with E-state index in [4.69, 9.17) is 11.6 Å². The van der Waals surface area contributed by atoms with Gasteiger partial charge in [0.2, 0.25) is 0 Å². The van der Waals surface area contributed by atoms with Crippen LogP contribution in [0.2, 0.25) is 5.02 Å². The zero-order valence-corrected chi connectivity index (χ0v) is 14.1. The molecule has 0 bridgehead atoms. The van der Waals surface area contributed by atoms with Gasteiger partial charge in [0.15, 0.2) is 0 Å². The number of aryl methyl sites for hydroxylation is 2. The molecule has 0 saturated carbocycles. The second-order valence-corrected chi connectivity index (χ2v) is 6.20. The maximum atomic E-state index is 11.6. The molecule has 2 aromatic rings. The number of carboxylic acids is 1. The number of aromatic nitrogens is 2. The number of aliphatic carboxylic acids is 1. The van der Waals surface area contributed by atoms with E-state index in [0.717, 1.165) is 21.4 Å². The number of rotatable bonds is 5. The number of nitrogens with zero attached hydrogens (tertiary/aromatic N) is 2. The quantitative estimate of drug-likeness (QED) is 0.873. The van der Waals surface area contributed by atoms with Crippen LogP contribution in [0.5, 0.6) is 0 Å². The second kappa shape index (κ2) is 6.62. The number of carbonyl (C=O) groups is 1. The van der Waals surface area contributed by atoms with Gasteiger partial charge in [0.25, 0.3) is 0 Å². The fourth-order valence-electron chi connectivity index (χ4n) is 2.31. The fraction of sp³-hybridized carbons (Fsp3) is 0.333. The van der Waals surface area contributed by atoms with E-state index in [2.05, 4.69) is 21.0 Å². The highest BCUT2D eigenvalue weighted by atomic mass is 79.9. The van der Waals surface area contributed by atoms with Crippen molar-refractivity contribution >= 4 is 33.5 Å². The van der Waals surface area contributed by atoms with Crippen LogP contribution >= 0.6 is 27.5 Å². The Kier molecular flexibility index (Phi) is 5.06. The Labute approximate surface area is 136 Å². The highest BCUT2D eigenvalue weighted by molar-refractivity contribution is 9.10. The van der Waals surface area contributed by atoms with Gasteiger partial charge in [0.1, 0.15) is 0 Å². The van der Waals surface area contributed by atoms with Crippen LogP contribution in [-0.2, 0) is 24.7 Å². The standard InChI is InChI=1S/C15H16BrClN2O2/c1-9-14(16)13(19(2)18-9)8-11(15(20)21)7-10-5-3-4-6-12(10)17/h3-6,11H,7-8H2,1-2H3,(H,20,21). The molecular formula is C15H16BrClN2O2. The highest BCUT2D eigenvalue weighted by Crippen LogP contribution is 2.26. The summed E-state index contributed by atoms with van der Waals surface area (Å²) < 4.78 is 2.59. The van der Waals surface area contributed by atoms with E-state index in [9.17, 15) is 9.90 Å². The van der Waals surface area contributed by atoms with E-state index in [0.29, 0.717) is 17.9 Å². The van der Waals surface area contributed by atoms with Gasteiger partial charge in [0, 0.05) is 18.5 Å². The Morgan fingerprint density at radius 3 is 2.62 bits per heavy atom. The van der Waals surface area contributed by atoms with E-state index in [1.54, 1.807) is 10.7 Å². The monoisotopic (exact) mass is 370 g/mol. The highest BCUT2D eigenvalue weighted by Gasteiger charge is 2.23. The minimum atomic E-state index is -0.833. The van der Waals surface area contributed by atoms with E-state index in [-0.39, 0.29) is 0 Å². The molecule has 1 atom stereocenters. The molecule has 0 aliphatic carbocycles. The molecule has 2 rings (SSSR count). The van der Waals surface area contributed by atoms with Crippen molar-refractivity contribution in [2.45, 2.75) is 19.8 Å². The van der Waals surface area contributed by atoms with E-state index >= 15 is 0 Å². The molecule has 1 aromatic carbocycles. The Hall–Kier alpha value is -1.33. The maximum Gasteiger partial charge on any atom is 0.307 e. The zero-order chi connectivity index (χ0) is 15.6. The summed E-state index contributed by atoms with van der Waals surface area (Å²) in [6.07, 6.45) is 0.796. The van der Waals surface area contributed by atoms with Crippen molar-refractivity contribution in [2.75, 3.05) is 0 Å². The average Bonchev–Trinajstić information content (AvgIpc) is 2.66. The van der Waals surface area contributed by atoms with Crippen molar-refractivity contribution in [3.8, 4) is 0 Å². The summed E-state index contributed by atoms with van der Waals surface area (Å²) in [6, 6.07) is 7.34. The molecule has 4 nitrogen and oxygen atoms in total. The molecular weight excluding hydrogens is 356 g/mol. The van der Waals surface area contributed by atoms with Crippen molar-refractivity contribution in [3.63, 3.8) is 0 Å². The molecule has 21 heavy (non-hydrogen) atoms. The molecule has 112 valence electrons. The lowest BCUT2D eigenvalue weighted by molar-refractivity contribution is -0.141. The lowest BCUT2D eigenvalue weighted by Crippen LogP contribution is -2.21. The number of benzene rings is 1. The minimum absolute atomic E-state index is 0.395. The Morgan fingerprint density at radius 2 is 2.10 bits per heavy atom. The summed E-state index contributed by atoms with van der Waals surface area (Å²) in [4.78, 5) is 11.6. The Bertz CT molecular complexity index is 670. The topological polar surface area (TPSA) is 55.1 Å². The van der Waals surface area contributed by atoms with Gasteiger partial charge in [-0.1, -0.05) is 29.8 Å². The summed E-state index contributed by atoms with van der Waals surface area (Å²) in [7, 11) is 1.82. The van der Waals surface area contributed by atoms with Crippen LogP contribution in [0, 0.1) is 12.8 Å². The summed E-state index contributed by atoms with van der Waals surface area (Å²) in [6.45, 7) is 1.89. The van der Waals surface area contributed by atoms with E-state index in [1.165, 1.54) is 0 Å². The van der Waals surface area contributed by atoms with Crippen molar-refractivity contribution in [3.05, 3.63) is 50.7 Å². The van der Waals surface area contributed by atoms with Crippen LogP contribution < -0.4 is 0 Å². The van der Waals surface area contributed by atoms with Gasteiger partial charge in [-0.2, -0.15) is 5.10 Å². The van der Waals surface area contributed by atoms with E-state index in [1.807, 2.05) is 32.2 Å². The van der Waals surface area contributed by atoms with Gasteiger partial charge < -0.3 is 5.11 Å². The molecule has 0 saturated heterocycles. The summed E-state index contributed by atoms with van der Waals surface area (Å²) in [5, 5.41) is 14.4. The summed E-state index contributed by atoms with van der Waals surface area (Å²) >= 11 is 9.60. The third-order valence-electron chi connectivity index (χ3n) is 3.47. The maximum absolute atomic E-state index is 11.6. The lowest BCUT2D eigenvalue weighted by atomic mass is 9.94. The van der Waals surface area contributed by atoms with Crippen molar-refractivity contribution in [1.82, 2.24) is 9.78 Å². The van der Waals surface area contributed by atoms with Gasteiger partial charge in [-0.05, 0) is 40.9 Å². The van der Waals surface area contributed by atoms with Crippen molar-refractivity contribution in [1.29, 1.82) is 0 Å². The van der Waals surface area contributed by atoms with Crippen LogP contribution in [0.4, 0.5) is 0 Å². The van der Waals surface area contributed by atoms with Crippen molar-refractivity contribution < 1.29 is 9.90 Å². The number of hydrogen-bond acceptors (Lipinski definition) is 2. The average molecular weight is 372 g/mol. The summed E-state index contributed by atoms with van der Waals surface area (Å²) in [5.41, 5.74) is 2.59. The number of hydrogen-bond donors (Lipinski definition) is 1. The first-order valence-electron chi connectivity index (χ1n) is 6.54. The predicted molar refractivity (Wildman–Crippen MR) is 85.6 cm³/mol. The third-order valence-corrected chi connectivity index (χ3v) is 4.88. The largest absolute Gasteiger partial charge is 0.481 e. The fourth-order valence-corrected chi connectivity index (χ4v) is 3.02. The van der Waals surface area contributed by atoms with Crippen LogP contribution in [-0.4, -0.2) is 20.9 Å². The number of carboxylic acid groups (broad SMARTS) is 1. The van der Waals surface area contributed by atoms with E-state index < -0.39 is 11.9 Å². The smallest absolute Gasteiger partial charge is 0.307 e. The minimum Gasteiger partial charge on any atom is -0.481 e. The molecule has 0 aliphatic heterocycles. The normalized spacial score (nSPS) is 12.4. The van der Waals surface area contributed by atoms with Gasteiger partial charge in [-0.15, -0.1) is 0 Å². The van der Waals surface area contributed by atoms with Crippen LogP contribution in [0.15, 0.2) is 28.7 Å². The van der Waals surface area contributed by atoms with Gasteiger partial charge in [-0.3, -0.25) is 9.48 Å². The molecule has 0 radical (unpaired) electrons. The zero-order valence-electron chi connectivity index (χ0n) is 11.8. The lowest BCUT2D eigenvalue weighted by Gasteiger charge is -2.14. The summed E-state index contributed by atoms with van der Waals surface area (Å²) in [5.74, 6) is -1.38. The van der Waals surface area contributed by atoms with Crippen molar-refractivity contribution in [2.24, 2.45) is 13.0 Å². The molecule has 1 unspecified atom stereocenters. The third kappa shape index (κ3) is 3.66. The molecule has 0 aliphatic rings. The van der Waals surface area contributed by atoms with Crippen LogP contribution in [0.3, 0.4) is 0 Å². The Balaban J connectivity index is 2.24.